The third-order valence-electron chi connectivity index (χ3n) is 2.86. The first kappa shape index (κ1) is 13.4. The van der Waals surface area contributed by atoms with Crippen molar-refractivity contribution in [3.05, 3.63) is 59.0 Å². The van der Waals surface area contributed by atoms with E-state index in [2.05, 4.69) is 15.6 Å². The molecule has 0 spiro atoms. The smallest absolute Gasteiger partial charge is 0.338 e. The van der Waals surface area contributed by atoms with Crippen molar-refractivity contribution < 1.29 is 9.63 Å². The first-order chi connectivity index (χ1) is 10.1. The normalized spacial score (nSPS) is 10.6. The molecule has 0 radical (unpaired) electrons. The van der Waals surface area contributed by atoms with Crippen LogP contribution in [-0.2, 0) is 4.84 Å². The zero-order chi connectivity index (χ0) is 14.8. The average molecular weight is 303 g/mol. The van der Waals surface area contributed by atoms with Gasteiger partial charge in [-0.2, -0.15) is 5.10 Å². The van der Waals surface area contributed by atoms with Gasteiger partial charge in [0, 0.05) is 18.5 Å². The lowest BCUT2D eigenvalue weighted by Crippen LogP contribution is -2.12. The van der Waals surface area contributed by atoms with Crippen molar-refractivity contribution in [3.63, 3.8) is 0 Å². The third-order valence-corrected chi connectivity index (χ3v) is 3.17. The summed E-state index contributed by atoms with van der Waals surface area (Å²) < 4.78 is 1.50. The summed E-state index contributed by atoms with van der Waals surface area (Å²) in [5, 5.41) is 4.48. The van der Waals surface area contributed by atoms with Crippen LogP contribution in [0.25, 0.3) is 5.65 Å². The molecule has 0 saturated carbocycles. The van der Waals surface area contributed by atoms with E-state index in [0.717, 1.165) is 5.56 Å². The van der Waals surface area contributed by atoms with Crippen LogP contribution in [0.2, 0.25) is 5.02 Å². The number of rotatable bonds is 3. The van der Waals surface area contributed by atoms with Crippen LogP contribution in [0, 0.1) is 6.92 Å². The van der Waals surface area contributed by atoms with E-state index in [1.54, 1.807) is 30.6 Å². The van der Waals surface area contributed by atoms with Gasteiger partial charge in [-0.05, 0) is 24.6 Å². The Morgan fingerprint density at radius 1 is 1.38 bits per heavy atom. The number of aromatic nitrogens is 3. The fourth-order valence-corrected chi connectivity index (χ4v) is 2.05. The highest BCUT2D eigenvalue weighted by molar-refractivity contribution is 6.33. The molecule has 3 aromatic rings. The van der Waals surface area contributed by atoms with E-state index in [0.29, 0.717) is 16.4 Å². The van der Waals surface area contributed by atoms with Gasteiger partial charge in [-0.1, -0.05) is 17.7 Å². The molecule has 1 aromatic carbocycles. The number of halogens is 1. The molecule has 3 rings (SSSR count). The third kappa shape index (κ3) is 2.80. The molecule has 2 aromatic heterocycles. The number of nitrogens with zero attached hydrogens (tertiary/aromatic N) is 3. The van der Waals surface area contributed by atoms with Gasteiger partial charge in [-0.25, -0.2) is 19.8 Å². The van der Waals surface area contributed by atoms with E-state index >= 15 is 0 Å². The van der Waals surface area contributed by atoms with E-state index in [4.69, 9.17) is 16.4 Å². The molecule has 0 aliphatic carbocycles. The van der Waals surface area contributed by atoms with E-state index in [-0.39, 0.29) is 5.56 Å². The van der Waals surface area contributed by atoms with Gasteiger partial charge in [0.2, 0.25) is 0 Å². The van der Waals surface area contributed by atoms with Crippen LogP contribution in [0.5, 0.6) is 0 Å². The molecule has 0 atom stereocenters. The SMILES string of the molecule is Cc1ccc(NOC(=O)c2cnc3ccnn3c2)c(Cl)c1. The second-order valence-electron chi connectivity index (χ2n) is 4.45. The molecule has 7 heteroatoms. The molecule has 106 valence electrons. The zero-order valence-corrected chi connectivity index (χ0v) is 11.8. The second-order valence-corrected chi connectivity index (χ2v) is 4.86. The summed E-state index contributed by atoms with van der Waals surface area (Å²) in [5.74, 6) is -0.573. The molecule has 0 fully saturated rings. The standard InChI is InChI=1S/C14H11ClN4O2/c1-9-2-3-12(11(15)6-9)18-21-14(20)10-7-16-13-4-5-17-19(13)8-10/h2-8,18H,1H3. The number of hydrogen-bond acceptors (Lipinski definition) is 5. The Hall–Kier alpha value is -2.60. The van der Waals surface area contributed by atoms with Crippen LogP contribution >= 0.6 is 11.6 Å². The molecular weight excluding hydrogens is 292 g/mol. The van der Waals surface area contributed by atoms with Crippen LogP contribution in [0.4, 0.5) is 5.69 Å². The van der Waals surface area contributed by atoms with Crippen LogP contribution in [0.1, 0.15) is 15.9 Å². The van der Waals surface area contributed by atoms with Crippen molar-refractivity contribution in [2.24, 2.45) is 0 Å². The maximum atomic E-state index is 12.0. The molecule has 0 unspecified atom stereocenters. The molecular formula is C14H11ClN4O2. The van der Waals surface area contributed by atoms with Crippen LogP contribution < -0.4 is 5.48 Å². The number of carbonyl (C=O) groups is 1. The van der Waals surface area contributed by atoms with E-state index in [1.165, 1.54) is 10.7 Å². The van der Waals surface area contributed by atoms with Gasteiger partial charge in [-0.15, -0.1) is 0 Å². The maximum absolute atomic E-state index is 12.0. The van der Waals surface area contributed by atoms with Crippen LogP contribution in [0.15, 0.2) is 42.9 Å². The Morgan fingerprint density at radius 2 is 2.24 bits per heavy atom. The fourth-order valence-electron chi connectivity index (χ4n) is 1.78. The summed E-state index contributed by atoms with van der Waals surface area (Å²) in [5.41, 5.74) is 5.01. The summed E-state index contributed by atoms with van der Waals surface area (Å²) in [6.45, 7) is 1.92. The Morgan fingerprint density at radius 3 is 3.05 bits per heavy atom. The highest BCUT2D eigenvalue weighted by Gasteiger charge is 2.11. The summed E-state index contributed by atoms with van der Waals surface area (Å²) in [6.07, 6.45) is 4.57. The van der Waals surface area contributed by atoms with E-state index < -0.39 is 5.97 Å². The summed E-state index contributed by atoms with van der Waals surface area (Å²) in [6, 6.07) is 7.10. The van der Waals surface area contributed by atoms with Gasteiger partial charge >= 0.3 is 5.97 Å². The van der Waals surface area contributed by atoms with Gasteiger partial charge in [0.1, 0.15) is 0 Å². The maximum Gasteiger partial charge on any atom is 0.365 e. The predicted octanol–water partition coefficient (Wildman–Crippen LogP) is 2.88. The lowest BCUT2D eigenvalue weighted by molar-refractivity contribution is 0.0595. The van der Waals surface area contributed by atoms with E-state index in [1.807, 2.05) is 13.0 Å². The minimum atomic E-state index is -0.573. The fraction of sp³-hybridized carbons (Fsp3) is 0.0714. The minimum absolute atomic E-state index is 0.280. The van der Waals surface area contributed by atoms with Gasteiger partial charge < -0.3 is 4.84 Å². The van der Waals surface area contributed by atoms with Crippen molar-refractivity contribution in [1.82, 2.24) is 14.6 Å². The Bertz CT molecular complexity index is 816. The molecule has 0 aliphatic heterocycles. The molecule has 21 heavy (non-hydrogen) atoms. The van der Waals surface area contributed by atoms with Crippen molar-refractivity contribution in [2.75, 3.05) is 5.48 Å². The highest BCUT2D eigenvalue weighted by atomic mass is 35.5. The first-order valence-corrected chi connectivity index (χ1v) is 6.54. The number of fused-ring (bicyclic) bond motifs is 1. The van der Waals surface area contributed by atoms with Gasteiger partial charge in [0.05, 0.1) is 22.5 Å². The number of hydrogen-bond donors (Lipinski definition) is 1. The van der Waals surface area contributed by atoms with Crippen molar-refractivity contribution in [3.8, 4) is 0 Å². The zero-order valence-electron chi connectivity index (χ0n) is 11.1. The summed E-state index contributed by atoms with van der Waals surface area (Å²) in [4.78, 5) is 21.1. The van der Waals surface area contributed by atoms with Crippen molar-refractivity contribution in [1.29, 1.82) is 0 Å². The largest absolute Gasteiger partial charge is 0.365 e. The van der Waals surface area contributed by atoms with Crippen molar-refractivity contribution in [2.45, 2.75) is 6.92 Å². The quantitative estimate of drug-likeness (QED) is 0.753. The lowest BCUT2D eigenvalue weighted by atomic mass is 10.2. The average Bonchev–Trinajstić information content (AvgIpc) is 2.93. The molecule has 0 bridgehead atoms. The molecule has 0 saturated heterocycles. The molecule has 2 heterocycles. The Kier molecular flexibility index (Phi) is 3.45. The number of anilines is 1. The second kappa shape index (κ2) is 5.41. The molecule has 0 amide bonds. The van der Waals surface area contributed by atoms with Gasteiger partial charge in [0.15, 0.2) is 5.65 Å². The number of carbonyl (C=O) groups excluding carboxylic acids is 1. The van der Waals surface area contributed by atoms with Crippen molar-refractivity contribution >= 4 is 28.9 Å². The summed E-state index contributed by atoms with van der Waals surface area (Å²) in [7, 11) is 0. The van der Waals surface area contributed by atoms with Crippen LogP contribution in [0.3, 0.4) is 0 Å². The predicted molar refractivity (Wildman–Crippen MR) is 78.2 cm³/mol. The summed E-state index contributed by atoms with van der Waals surface area (Å²) >= 11 is 6.04. The molecule has 0 aliphatic rings. The monoisotopic (exact) mass is 302 g/mol. The van der Waals surface area contributed by atoms with Crippen LogP contribution in [-0.4, -0.2) is 20.6 Å². The molecule has 1 N–H and O–H groups in total. The topological polar surface area (TPSA) is 68.5 Å². The minimum Gasteiger partial charge on any atom is -0.338 e. The van der Waals surface area contributed by atoms with Gasteiger partial charge in [-0.3, -0.25) is 0 Å². The molecule has 6 nitrogen and oxygen atoms in total. The Balaban J connectivity index is 1.73. The number of nitrogens with one attached hydrogen (secondary N) is 1. The first-order valence-electron chi connectivity index (χ1n) is 6.16. The number of aryl methyl sites for hydroxylation is 1. The van der Waals surface area contributed by atoms with E-state index in [9.17, 15) is 4.79 Å². The lowest BCUT2D eigenvalue weighted by Gasteiger charge is -2.08. The Labute approximate surface area is 125 Å². The highest BCUT2D eigenvalue weighted by Crippen LogP contribution is 2.22. The number of benzene rings is 1. The van der Waals surface area contributed by atoms with Gasteiger partial charge in [0.25, 0.3) is 0 Å².